The van der Waals surface area contributed by atoms with E-state index in [-0.39, 0.29) is 25.7 Å². The summed E-state index contributed by atoms with van der Waals surface area (Å²) in [6.07, 6.45) is 53.9. The molecule has 0 aliphatic rings. The van der Waals surface area contributed by atoms with Crippen LogP contribution in [-0.4, -0.2) is 96.7 Å². The average molecular weight is 1440 g/mol. The van der Waals surface area contributed by atoms with Gasteiger partial charge in [-0.05, 0) is 49.4 Å². The SMILES string of the molecule is CCC(C)CCCCCCCCCCCCCCCCC(=O)O[C@H](COC(=O)CCCCCCCCCCCCCC(C)C)COP(=O)(O)OC[C@@H](O)COP(=O)(O)OC[C@@H](COC(=O)CCCCCCCCCCCC(C)C)OC(=O)CCCCCCCCCCCCC(C)CC. The van der Waals surface area contributed by atoms with Crippen LogP contribution in [0.25, 0.3) is 0 Å². The summed E-state index contributed by atoms with van der Waals surface area (Å²) in [7, 11) is -9.92. The lowest BCUT2D eigenvalue weighted by molar-refractivity contribution is -0.161. The maximum atomic E-state index is 13.1. The zero-order valence-corrected chi connectivity index (χ0v) is 66.2. The molecule has 3 N–H and O–H groups in total. The summed E-state index contributed by atoms with van der Waals surface area (Å²) < 4.78 is 68.7. The molecule has 0 bridgehead atoms. The van der Waals surface area contributed by atoms with Crippen molar-refractivity contribution in [3.8, 4) is 0 Å². The first-order chi connectivity index (χ1) is 47.2. The topological polar surface area (TPSA) is 237 Å². The Hall–Kier alpha value is -1.94. The predicted octanol–water partition coefficient (Wildman–Crippen LogP) is 23.2. The van der Waals surface area contributed by atoms with Crippen LogP contribution in [0.15, 0.2) is 0 Å². The summed E-state index contributed by atoms with van der Waals surface area (Å²) in [6.45, 7) is 14.3. The van der Waals surface area contributed by atoms with Gasteiger partial charge in [0.15, 0.2) is 12.2 Å². The molecule has 0 radical (unpaired) electrons. The molecular formula is C79H154O17P2. The van der Waals surface area contributed by atoms with Crippen molar-refractivity contribution in [1.29, 1.82) is 0 Å². The fourth-order valence-electron chi connectivity index (χ4n) is 12.0. The number of hydrogen-bond acceptors (Lipinski definition) is 15. The van der Waals surface area contributed by atoms with E-state index in [1.807, 2.05) is 0 Å². The number of hydrogen-bond donors (Lipinski definition) is 3. The van der Waals surface area contributed by atoms with Crippen LogP contribution in [0.1, 0.15) is 402 Å². The highest BCUT2D eigenvalue weighted by atomic mass is 31.2. The van der Waals surface area contributed by atoms with Crippen molar-refractivity contribution in [2.24, 2.45) is 23.7 Å². The van der Waals surface area contributed by atoms with Crippen LogP contribution < -0.4 is 0 Å². The van der Waals surface area contributed by atoms with E-state index in [1.165, 1.54) is 205 Å². The van der Waals surface area contributed by atoms with E-state index in [1.54, 1.807) is 0 Å². The lowest BCUT2D eigenvalue weighted by Gasteiger charge is -2.21. The van der Waals surface area contributed by atoms with Gasteiger partial charge in [-0.15, -0.1) is 0 Å². The highest BCUT2D eigenvalue weighted by Gasteiger charge is 2.30. The first-order valence-electron chi connectivity index (χ1n) is 40.8. The molecule has 0 rings (SSSR count). The molecule has 0 fully saturated rings. The average Bonchev–Trinajstić information content (AvgIpc) is 1.03. The summed E-state index contributed by atoms with van der Waals surface area (Å²) in [5, 5.41) is 10.6. The molecule has 0 spiro atoms. The number of rotatable bonds is 76. The van der Waals surface area contributed by atoms with E-state index in [9.17, 15) is 43.2 Å². The van der Waals surface area contributed by atoms with Crippen molar-refractivity contribution in [3.63, 3.8) is 0 Å². The second-order valence-electron chi connectivity index (χ2n) is 29.9. The summed E-state index contributed by atoms with van der Waals surface area (Å²) in [5.74, 6) is 1.05. The van der Waals surface area contributed by atoms with E-state index in [4.69, 9.17) is 37.0 Å². The van der Waals surface area contributed by atoms with Gasteiger partial charge in [-0.3, -0.25) is 37.3 Å². The molecule has 0 aromatic carbocycles. The van der Waals surface area contributed by atoms with Crippen molar-refractivity contribution in [2.45, 2.75) is 420 Å². The molecule has 0 saturated carbocycles. The Morgan fingerprint density at radius 1 is 0.286 bits per heavy atom. The van der Waals surface area contributed by atoms with Gasteiger partial charge in [0.2, 0.25) is 0 Å². The number of aliphatic hydroxyl groups is 1. The zero-order valence-electron chi connectivity index (χ0n) is 64.4. The molecule has 0 aromatic rings. The van der Waals surface area contributed by atoms with Crippen LogP contribution in [0, 0.1) is 23.7 Å². The molecule has 19 heteroatoms. The van der Waals surface area contributed by atoms with Gasteiger partial charge in [-0.25, -0.2) is 9.13 Å². The third-order valence-electron chi connectivity index (χ3n) is 19.0. The minimum absolute atomic E-state index is 0.106. The molecule has 4 unspecified atom stereocenters. The molecule has 0 amide bonds. The van der Waals surface area contributed by atoms with Gasteiger partial charge >= 0.3 is 39.5 Å². The van der Waals surface area contributed by atoms with E-state index in [0.29, 0.717) is 25.7 Å². The van der Waals surface area contributed by atoms with E-state index in [0.717, 1.165) is 114 Å². The summed E-state index contributed by atoms with van der Waals surface area (Å²) in [5.41, 5.74) is 0. The molecule has 0 saturated heterocycles. The van der Waals surface area contributed by atoms with Gasteiger partial charge in [0, 0.05) is 25.7 Å². The van der Waals surface area contributed by atoms with Gasteiger partial charge in [-0.1, -0.05) is 351 Å². The third kappa shape index (κ3) is 69.8. The van der Waals surface area contributed by atoms with Gasteiger partial charge in [-0.2, -0.15) is 0 Å². The highest BCUT2D eigenvalue weighted by Crippen LogP contribution is 2.45. The van der Waals surface area contributed by atoms with Gasteiger partial charge in [0.05, 0.1) is 26.4 Å². The van der Waals surface area contributed by atoms with Gasteiger partial charge < -0.3 is 33.8 Å². The Balaban J connectivity index is 5.28. The molecule has 0 heterocycles. The molecule has 98 heavy (non-hydrogen) atoms. The maximum Gasteiger partial charge on any atom is 0.472 e. The Kier molecular flexibility index (Phi) is 66.8. The Bertz CT molecular complexity index is 1920. The number of unbranched alkanes of at least 4 members (excludes halogenated alkanes) is 40. The van der Waals surface area contributed by atoms with Gasteiger partial charge in [0.25, 0.3) is 0 Å². The number of phosphoric ester groups is 2. The van der Waals surface area contributed by atoms with Crippen LogP contribution in [0.3, 0.4) is 0 Å². The van der Waals surface area contributed by atoms with Crippen molar-refractivity contribution >= 4 is 39.5 Å². The zero-order chi connectivity index (χ0) is 72.4. The van der Waals surface area contributed by atoms with E-state index in [2.05, 4.69) is 55.4 Å². The van der Waals surface area contributed by atoms with Crippen LogP contribution in [-0.2, 0) is 65.4 Å². The molecule has 7 atom stereocenters. The second kappa shape index (κ2) is 68.2. The summed E-state index contributed by atoms with van der Waals surface area (Å²) >= 11 is 0. The molecule has 0 aliphatic heterocycles. The largest absolute Gasteiger partial charge is 0.472 e. The molecule has 17 nitrogen and oxygen atoms in total. The molecular weight excluding hydrogens is 1280 g/mol. The highest BCUT2D eigenvalue weighted by molar-refractivity contribution is 7.47. The first-order valence-corrected chi connectivity index (χ1v) is 43.8. The van der Waals surface area contributed by atoms with Crippen molar-refractivity contribution < 1.29 is 80.2 Å². The molecule has 0 aromatic heterocycles. The number of aliphatic hydroxyl groups excluding tert-OH is 1. The Morgan fingerprint density at radius 3 is 0.724 bits per heavy atom. The lowest BCUT2D eigenvalue weighted by Crippen LogP contribution is -2.30. The van der Waals surface area contributed by atoms with Crippen LogP contribution >= 0.6 is 15.6 Å². The van der Waals surface area contributed by atoms with Crippen LogP contribution in [0.4, 0.5) is 0 Å². The second-order valence-corrected chi connectivity index (χ2v) is 32.8. The normalized spacial score (nSPS) is 14.6. The van der Waals surface area contributed by atoms with E-state index >= 15 is 0 Å². The van der Waals surface area contributed by atoms with Crippen molar-refractivity contribution in [3.05, 3.63) is 0 Å². The number of carbonyl (C=O) groups is 4. The minimum Gasteiger partial charge on any atom is -0.462 e. The predicted molar refractivity (Wildman–Crippen MR) is 400 cm³/mol. The van der Waals surface area contributed by atoms with Crippen molar-refractivity contribution in [2.75, 3.05) is 39.6 Å². The maximum absolute atomic E-state index is 13.1. The van der Waals surface area contributed by atoms with Crippen molar-refractivity contribution in [1.82, 2.24) is 0 Å². The monoisotopic (exact) mass is 1440 g/mol. The first kappa shape index (κ1) is 96.1. The molecule has 582 valence electrons. The fourth-order valence-corrected chi connectivity index (χ4v) is 13.6. The minimum atomic E-state index is -4.96. The van der Waals surface area contributed by atoms with Gasteiger partial charge in [0.1, 0.15) is 19.3 Å². The number of ether oxygens (including phenoxy) is 4. The standard InChI is InChI=1S/C79H154O17P2/c1-9-71(7)57-49-41-33-25-17-13-11-12-14-18-28-37-45-53-61-78(83)95-74(65-89-76(81)59-51-43-35-27-19-15-16-23-31-39-47-55-69(3)4)67-93-97(85,86)91-63-73(80)64-92-98(87,88)94-68-75(66-90-77(82)60-52-44-36-30-22-24-32-40-48-56-70(5)6)96-79(84)62-54-46-38-29-21-20-26-34-42-50-58-72(8)10-2/h69-75,80H,9-68H2,1-8H3,(H,85,86)(H,87,88)/t71?,72?,73-,74-,75-/m1/s1. The number of phosphoric acid groups is 2. The Morgan fingerprint density at radius 2 is 0.490 bits per heavy atom. The molecule has 0 aliphatic carbocycles. The van der Waals surface area contributed by atoms with Crippen LogP contribution in [0.2, 0.25) is 0 Å². The summed E-state index contributed by atoms with van der Waals surface area (Å²) in [6, 6.07) is 0. The third-order valence-corrected chi connectivity index (χ3v) is 20.9. The lowest BCUT2D eigenvalue weighted by atomic mass is 9.99. The quantitative estimate of drug-likeness (QED) is 0.0222. The Labute approximate surface area is 600 Å². The summed E-state index contributed by atoms with van der Waals surface area (Å²) in [4.78, 5) is 73.0. The smallest absolute Gasteiger partial charge is 0.462 e. The van der Waals surface area contributed by atoms with Crippen LogP contribution in [0.5, 0.6) is 0 Å². The number of carbonyl (C=O) groups excluding carboxylic acids is 4. The fraction of sp³-hybridized carbons (Fsp3) is 0.949. The number of esters is 4. The van der Waals surface area contributed by atoms with E-state index < -0.39 is 97.5 Å².